The van der Waals surface area contributed by atoms with Crippen LogP contribution in [0.25, 0.3) is 0 Å². The highest BCUT2D eigenvalue weighted by Gasteiger charge is 2.52. The van der Waals surface area contributed by atoms with Gasteiger partial charge < -0.3 is 20.1 Å². The van der Waals surface area contributed by atoms with E-state index >= 15 is 0 Å². The van der Waals surface area contributed by atoms with Crippen molar-refractivity contribution in [3.8, 4) is 5.75 Å². The molecular weight excluding hydrogens is 360 g/mol. The largest absolute Gasteiger partial charge is 0.425 e. The molecule has 0 radical (unpaired) electrons. The van der Waals surface area contributed by atoms with E-state index in [0.29, 0.717) is 24.6 Å². The average molecular weight is 390 g/mol. The fourth-order valence-electron chi connectivity index (χ4n) is 2.72. The van der Waals surface area contributed by atoms with Crippen LogP contribution in [0.5, 0.6) is 5.75 Å². The quantitative estimate of drug-likeness (QED) is 0.362. The minimum Gasteiger partial charge on any atom is -0.425 e. The van der Waals surface area contributed by atoms with E-state index in [-0.39, 0.29) is 11.8 Å². The maximum absolute atomic E-state index is 12.4. The number of benzene rings is 1. The first kappa shape index (κ1) is 21.9. The van der Waals surface area contributed by atoms with Crippen LogP contribution in [0, 0.1) is 11.8 Å². The molecule has 2 rings (SSSR count). The van der Waals surface area contributed by atoms with Gasteiger partial charge in [0.1, 0.15) is 11.8 Å². The molecule has 0 saturated carbocycles. The Hall–Kier alpha value is -2.41. The summed E-state index contributed by atoms with van der Waals surface area (Å²) in [6, 6.07) is 7.94. The lowest BCUT2D eigenvalue weighted by Gasteiger charge is -2.20. The van der Waals surface area contributed by atoms with Gasteiger partial charge in [0.25, 0.3) is 5.91 Å². The molecular formula is C21H30N2O5. The molecule has 2 amide bonds. The molecule has 1 aromatic carbocycles. The summed E-state index contributed by atoms with van der Waals surface area (Å²) < 4.78 is 10.4. The molecule has 1 aliphatic heterocycles. The van der Waals surface area contributed by atoms with Crippen molar-refractivity contribution in [2.24, 2.45) is 11.8 Å². The fourth-order valence-corrected chi connectivity index (χ4v) is 2.72. The number of carbonyl (C=O) groups is 3. The highest BCUT2D eigenvalue weighted by molar-refractivity contribution is 5.96. The highest BCUT2D eigenvalue weighted by atomic mass is 16.6. The van der Waals surface area contributed by atoms with Crippen LogP contribution in [0.4, 0.5) is 0 Å². The van der Waals surface area contributed by atoms with Crippen LogP contribution in [0.2, 0.25) is 0 Å². The Morgan fingerprint density at radius 1 is 1.04 bits per heavy atom. The van der Waals surface area contributed by atoms with Gasteiger partial charge >= 0.3 is 5.97 Å². The number of rotatable bonds is 10. The van der Waals surface area contributed by atoms with Crippen LogP contribution in [0.3, 0.4) is 0 Å². The second-order valence-corrected chi connectivity index (χ2v) is 7.88. The summed E-state index contributed by atoms with van der Waals surface area (Å²) in [4.78, 5) is 36.9. The molecule has 0 unspecified atom stereocenters. The molecule has 154 valence electrons. The van der Waals surface area contributed by atoms with Crippen LogP contribution in [-0.2, 0) is 19.1 Å². The maximum Gasteiger partial charge on any atom is 0.344 e. The van der Waals surface area contributed by atoms with Gasteiger partial charge in [0.2, 0.25) is 5.91 Å². The van der Waals surface area contributed by atoms with E-state index in [2.05, 4.69) is 24.5 Å². The Morgan fingerprint density at radius 2 is 1.71 bits per heavy atom. The number of esters is 1. The second-order valence-electron chi connectivity index (χ2n) is 7.88. The van der Waals surface area contributed by atoms with Gasteiger partial charge in [-0.2, -0.15) is 0 Å². The van der Waals surface area contributed by atoms with Crippen molar-refractivity contribution in [1.82, 2.24) is 10.6 Å². The summed E-state index contributed by atoms with van der Waals surface area (Å²) >= 11 is 0. The number of hydrogen-bond donors (Lipinski definition) is 2. The Labute approximate surface area is 166 Å². The van der Waals surface area contributed by atoms with Gasteiger partial charge in [-0.1, -0.05) is 45.9 Å². The zero-order valence-corrected chi connectivity index (χ0v) is 16.9. The molecule has 7 heteroatoms. The SMILES string of the molecule is CC(C)CCNC(=O)[C@H](CC(C)C)NC(=O)[C@H]1O[C@@H]1C(=O)Oc1ccccc1. The van der Waals surface area contributed by atoms with Gasteiger partial charge in [0.15, 0.2) is 12.2 Å². The van der Waals surface area contributed by atoms with Crippen LogP contribution in [0.15, 0.2) is 30.3 Å². The number of nitrogens with one attached hydrogen (secondary N) is 2. The lowest BCUT2D eigenvalue weighted by Crippen LogP contribution is -2.49. The van der Waals surface area contributed by atoms with Crippen LogP contribution >= 0.6 is 0 Å². The van der Waals surface area contributed by atoms with Crippen LogP contribution in [0.1, 0.15) is 40.5 Å². The number of carbonyl (C=O) groups excluding carboxylic acids is 3. The lowest BCUT2D eigenvalue weighted by molar-refractivity contribution is -0.136. The van der Waals surface area contributed by atoms with Crippen molar-refractivity contribution in [2.45, 2.75) is 58.8 Å². The topological polar surface area (TPSA) is 97.0 Å². The Kier molecular flexibility index (Phi) is 7.99. The van der Waals surface area contributed by atoms with Gasteiger partial charge in [-0.25, -0.2) is 4.79 Å². The minimum absolute atomic E-state index is 0.216. The van der Waals surface area contributed by atoms with Crippen molar-refractivity contribution in [1.29, 1.82) is 0 Å². The zero-order chi connectivity index (χ0) is 20.7. The normalized spacial score (nSPS) is 19.2. The number of hydrogen-bond acceptors (Lipinski definition) is 5. The van der Waals surface area contributed by atoms with Crippen molar-refractivity contribution in [3.05, 3.63) is 30.3 Å². The number of amides is 2. The number of ether oxygens (including phenoxy) is 2. The monoisotopic (exact) mass is 390 g/mol. The summed E-state index contributed by atoms with van der Waals surface area (Å²) in [5.41, 5.74) is 0. The van der Waals surface area contributed by atoms with Gasteiger partial charge in [-0.15, -0.1) is 0 Å². The third kappa shape index (κ3) is 6.96. The molecule has 1 fully saturated rings. The lowest BCUT2D eigenvalue weighted by atomic mass is 10.0. The smallest absolute Gasteiger partial charge is 0.344 e. The molecule has 2 N–H and O–H groups in total. The van der Waals surface area contributed by atoms with E-state index in [1.54, 1.807) is 24.3 Å². The van der Waals surface area contributed by atoms with Crippen LogP contribution < -0.4 is 15.4 Å². The molecule has 0 spiro atoms. The van der Waals surface area contributed by atoms with E-state index in [1.165, 1.54) is 0 Å². The third-order valence-electron chi connectivity index (χ3n) is 4.30. The number of epoxide rings is 1. The van der Waals surface area contributed by atoms with E-state index < -0.39 is 30.1 Å². The summed E-state index contributed by atoms with van der Waals surface area (Å²) in [6.45, 7) is 8.69. The first-order chi connectivity index (χ1) is 13.3. The van der Waals surface area contributed by atoms with E-state index in [4.69, 9.17) is 9.47 Å². The van der Waals surface area contributed by atoms with Gasteiger partial charge in [-0.05, 0) is 36.8 Å². The van der Waals surface area contributed by atoms with Gasteiger partial charge in [0, 0.05) is 6.54 Å². The molecule has 7 nitrogen and oxygen atoms in total. The second kappa shape index (κ2) is 10.2. The first-order valence-electron chi connectivity index (χ1n) is 9.78. The molecule has 28 heavy (non-hydrogen) atoms. The number of para-hydroxylation sites is 1. The fraction of sp³-hybridized carbons (Fsp3) is 0.571. The minimum atomic E-state index is -0.941. The molecule has 1 saturated heterocycles. The Bertz CT molecular complexity index is 675. The third-order valence-corrected chi connectivity index (χ3v) is 4.30. The standard InChI is InChI=1S/C21H30N2O5/c1-13(2)10-11-22-19(24)16(12-14(3)4)23-20(25)17-18(28-17)21(26)27-15-8-6-5-7-9-15/h5-9,13-14,16-18H,10-12H2,1-4H3,(H,22,24)(H,23,25)/t16-,17-,18-/m0/s1. The van der Waals surface area contributed by atoms with Crippen molar-refractivity contribution in [2.75, 3.05) is 6.54 Å². The molecule has 3 atom stereocenters. The van der Waals surface area contributed by atoms with Crippen molar-refractivity contribution >= 4 is 17.8 Å². The van der Waals surface area contributed by atoms with E-state index in [1.807, 2.05) is 19.9 Å². The van der Waals surface area contributed by atoms with E-state index in [9.17, 15) is 14.4 Å². The predicted octanol–water partition coefficient (Wildman–Crippen LogP) is 2.05. The molecule has 0 bridgehead atoms. The summed E-state index contributed by atoms with van der Waals surface area (Å²) in [7, 11) is 0. The Balaban J connectivity index is 1.85. The maximum atomic E-state index is 12.4. The molecule has 0 aromatic heterocycles. The summed E-state index contributed by atoms with van der Waals surface area (Å²) in [5, 5.41) is 5.58. The molecule has 1 aliphatic rings. The van der Waals surface area contributed by atoms with E-state index in [0.717, 1.165) is 6.42 Å². The van der Waals surface area contributed by atoms with Crippen LogP contribution in [-0.4, -0.2) is 42.6 Å². The molecule has 1 aromatic rings. The highest BCUT2D eigenvalue weighted by Crippen LogP contribution is 2.25. The summed E-state index contributed by atoms with van der Waals surface area (Å²) in [5.74, 6) is -0.209. The molecule has 0 aliphatic carbocycles. The van der Waals surface area contributed by atoms with Crippen molar-refractivity contribution in [3.63, 3.8) is 0 Å². The predicted molar refractivity (Wildman–Crippen MR) is 105 cm³/mol. The van der Waals surface area contributed by atoms with Gasteiger partial charge in [-0.3, -0.25) is 9.59 Å². The summed E-state index contributed by atoms with van der Waals surface area (Å²) in [6.07, 6.45) is -0.489. The van der Waals surface area contributed by atoms with Gasteiger partial charge in [0.05, 0.1) is 0 Å². The van der Waals surface area contributed by atoms with Crippen molar-refractivity contribution < 1.29 is 23.9 Å². The average Bonchev–Trinajstić information content (AvgIpc) is 3.42. The first-order valence-corrected chi connectivity index (χ1v) is 9.78. The Morgan fingerprint density at radius 3 is 2.32 bits per heavy atom. The molecule has 1 heterocycles. The zero-order valence-electron chi connectivity index (χ0n) is 16.9.